The monoisotopic (exact) mass is 449 g/mol. The quantitative estimate of drug-likeness (QED) is 0.589. The van der Waals surface area contributed by atoms with E-state index in [0.717, 1.165) is 24.8 Å². The molecule has 7 nitrogen and oxygen atoms in total. The number of aryl methyl sites for hydroxylation is 1. The van der Waals surface area contributed by atoms with E-state index in [9.17, 15) is 14.0 Å². The van der Waals surface area contributed by atoms with Crippen LogP contribution < -0.4 is 10.2 Å². The third-order valence-corrected chi connectivity index (χ3v) is 6.60. The molecule has 1 N–H and O–H groups in total. The molecule has 33 heavy (non-hydrogen) atoms. The number of carbonyl (C=O) groups is 2. The number of nitrogens with zero attached hydrogens (tertiary/aromatic N) is 4. The molecule has 0 saturated carbocycles. The summed E-state index contributed by atoms with van der Waals surface area (Å²) in [5.41, 5.74) is 2.68. The van der Waals surface area contributed by atoms with Gasteiger partial charge in [-0.1, -0.05) is 13.8 Å². The average Bonchev–Trinajstić information content (AvgIpc) is 3.40. The Labute approximate surface area is 192 Å². The number of anilines is 1. The lowest BCUT2D eigenvalue weighted by molar-refractivity contribution is -0.125. The molecular formula is C25H28FN5O2. The molecule has 3 aromatic rings. The number of hydrogen-bond donors (Lipinski definition) is 1. The van der Waals surface area contributed by atoms with Gasteiger partial charge in [0.05, 0.1) is 11.6 Å². The van der Waals surface area contributed by atoms with Crippen molar-refractivity contribution in [2.45, 2.75) is 39.7 Å². The number of pyridine rings is 1. The molecule has 0 radical (unpaired) electrons. The van der Waals surface area contributed by atoms with Gasteiger partial charge in [0.15, 0.2) is 0 Å². The van der Waals surface area contributed by atoms with E-state index in [1.54, 1.807) is 41.2 Å². The predicted molar refractivity (Wildman–Crippen MR) is 124 cm³/mol. The average molecular weight is 450 g/mol. The van der Waals surface area contributed by atoms with Gasteiger partial charge in [-0.2, -0.15) is 5.10 Å². The van der Waals surface area contributed by atoms with Crippen LogP contribution in [0.4, 0.5) is 10.1 Å². The highest BCUT2D eigenvalue weighted by molar-refractivity contribution is 6.01. The molecule has 1 aromatic carbocycles. The number of halogens is 1. The van der Waals surface area contributed by atoms with Crippen LogP contribution in [0.3, 0.4) is 0 Å². The van der Waals surface area contributed by atoms with Gasteiger partial charge in [-0.15, -0.1) is 0 Å². The summed E-state index contributed by atoms with van der Waals surface area (Å²) in [5, 5.41) is 6.92. The van der Waals surface area contributed by atoms with Crippen molar-refractivity contribution in [2.75, 3.05) is 11.4 Å². The first-order valence-electron chi connectivity index (χ1n) is 11.2. The van der Waals surface area contributed by atoms with Crippen LogP contribution in [0, 0.1) is 11.2 Å². The molecule has 172 valence electrons. The highest BCUT2D eigenvalue weighted by Crippen LogP contribution is 2.40. The third kappa shape index (κ3) is 4.51. The van der Waals surface area contributed by atoms with Crippen molar-refractivity contribution < 1.29 is 14.0 Å². The van der Waals surface area contributed by atoms with Gasteiger partial charge in [0, 0.05) is 43.8 Å². The van der Waals surface area contributed by atoms with E-state index in [-0.39, 0.29) is 35.3 Å². The van der Waals surface area contributed by atoms with E-state index in [2.05, 4.69) is 15.4 Å². The Hall–Kier alpha value is -3.55. The van der Waals surface area contributed by atoms with E-state index < -0.39 is 0 Å². The molecule has 4 rings (SSSR count). The molecule has 0 unspecified atom stereocenters. The topological polar surface area (TPSA) is 80.1 Å². The molecule has 0 aliphatic carbocycles. The van der Waals surface area contributed by atoms with E-state index >= 15 is 0 Å². The van der Waals surface area contributed by atoms with Crippen LogP contribution in [-0.4, -0.2) is 33.1 Å². The number of rotatable bonds is 7. The molecule has 2 aromatic heterocycles. The van der Waals surface area contributed by atoms with Gasteiger partial charge in [-0.3, -0.25) is 19.3 Å². The highest BCUT2D eigenvalue weighted by atomic mass is 19.1. The molecule has 2 amide bonds. The first kappa shape index (κ1) is 22.6. The molecule has 0 spiro atoms. The SMILES string of the molecule is CCC1(CC)CCN(c2ccnc(C(=O)NCc3cc(F)cc(-c4cnn(C)c4)c3)c2)C1=O. The molecule has 1 aliphatic rings. The maximum Gasteiger partial charge on any atom is 0.270 e. The van der Waals surface area contributed by atoms with Crippen LogP contribution in [0.25, 0.3) is 11.1 Å². The summed E-state index contributed by atoms with van der Waals surface area (Å²) in [5.74, 6) is -0.663. The zero-order chi connectivity index (χ0) is 23.6. The molecule has 0 bridgehead atoms. The fourth-order valence-corrected chi connectivity index (χ4v) is 4.45. The Morgan fingerprint density at radius 2 is 1.97 bits per heavy atom. The van der Waals surface area contributed by atoms with Gasteiger partial charge in [-0.25, -0.2) is 4.39 Å². The highest BCUT2D eigenvalue weighted by Gasteiger charge is 2.44. The summed E-state index contributed by atoms with van der Waals surface area (Å²) in [6.07, 6.45) is 7.41. The summed E-state index contributed by atoms with van der Waals surface area (Å²) in [7, 11) is 1.80. The molecule has 1 saturated heterocycles. The Bertz CT molecular complexity index is 1190. The van der Waals surface area contributed by atoms with Crippen LogP contribution >= 0.6 is 0 Å². The fourth-order valence-electron chi connectivity index (χ4n) is 4.45. The minimum absolute atomic E-state index is 0.104. The zero-order valence-corrected chi connectivity index (χ0v) is 19.1. The van der Waals surface area contributed by atoms with Crippen LogP contribution in [0.15, 0.2) is 48.9 Å². The lowest BCUT2D eigenvalue weighted by Crippen LogP contribution is -2.34. The van der Waals surface area contributed by atoms with Gasteiger partial charge < -0.3 is 10.2 Å². The molecule has 0 atom stereocenters. The van der Waals surface area contributed by atoms with Crippen molar-refractivity contribution >= 4 is 17.5 Å². The third-order valence-electron chi connectivity index (χ3n) is 6.60. The number of amides is 2. The molecule has 1 aliphatic heterocycles. The second-order valence-corrected chi connectivity index (χ2v) is 8.53. The number of benzene rings is 1. The lowest BCUT2D eigenvalue weighted by atomic mass is 9.81. The number of hydrogen-bond acceptors (Lipinski definition) is 4. The Morgan fingerprint density at radius 1 is 1.18 bits per heavy atom. The van der Waals surface area contributed by atoms with Gasteiger partial charge in [-0.05, 0) is 60.7 Å². The van der Waals surface area contributed by atoms with Gasteiger partial charge in [0.25, 0.3) is 5.91 Å². The smallest absolute Gasteiger partial charge is 0.270 e. The Morgan fingerprint density at radius 3 is 2.64 bits per heavy atom. The zero-order valence-electron chi connectivity index (χ0n) is 19.1. The normalized spacial score (nSPS) is 15.2. The van der Waals surface area contributed by atoms with Crippen molar-refractivity contribution in [3.05, 3.63) is 66.0 Å². The Kier molecular flexibility index (Phi) is 6.26. The minimum Gasteiger partial charge on any atom is -0.347 e. The summed E-state index contributed by atoms with van der Waals surface area (Å²) in [4.78, 5) is 31.7. The first-order valence-corrected chi connectivity index (χ1v) is 11.2. The molecule has 3 heterocycles. The second-order valence-electron chi connectivity index (χ2n) is 8.53. The fraction of sp³-hybridized carbons (Fsp3) is 0.360. The summed E-state index contributed by atoms with van der Waals surface area (Å²) < 4.78 is 15.8. The number of carbonyl (C=O) groups excluding carboxylic acids is 2. The summed E-state index contributed by atoms with van der Waals surface area (Å²) >= 11 is 0. The predicted octanol–water partition coefficient (Wildman–Crippen LogP) is 4.09. The first-order chi connectivity index (χ1) is 15.8. The van der Waals surface area contributed by atoms with Crippen LogP contribution in [-0.2, 0) is 18.4 Å². The van der Waals surface area contributed by atoms with Crippen molar-refractivity contribution in [1.29, 1.82) is 0 Å². The summed E-state index contributed by atoms with van der Waals surface area (Å²) in [6.45, 7) is 4.87. The van der Waals surface area contributed by atoms with Crippen molar-refractivity contribution in [1.82, 2.24) is 20.1 Å². The lowest BCUT2D eigenvalue weighted by Gasteiger charge is -2.25. The maximum absolute atomic E-state index is 14.2. The van der Waals surface area contributed by atoms with E-state index in [1.165, 1.54) is 18.3 Å². The molecular weight excluding hydrogens is 421 g/mol. The Balaban J connectivity index is 1.47. The maximum atomic E-state index is 14.2. The van der Waals surface area contributed by atoms with Crippen LogP contribution in [0.5, 0.6) is 0 Å². The minimum atomic E-state index is -0.386. The molecule has 8 heteroatoms. The largest absolute Gasteiger partial charge is 0.347 e. The van der Waals surface area contributed by atoms with Crippen molar-refractivity contribution in [3.8, 4) is 11.1 Å². The second kappa shape index (κ2) is 9.13. The standard InChI is InChI=1S/C25H28FN5O2/c1-4-25(5-2)7-9-31(24(25)33)21-6-8-27-22(13-21)23(32)28-14-17-10-18(12-20(26)11-17)19-15-29-30(3)16-19/h6,8,10-13,15-16H,4-5,7,9,14H2,1-3H3,(H,28,32). The van der Waals surface area contributed by atoms with E-state index in [0.29, 0.717) is 23.4 Å². The number of nitrogens with one attached hydrogen (secondary N) is 1. The number of aromatic nitrogens is 3. The molecule has 1 fully saturated rings. The van der Waals surface area contributed by atoms with Gasteiger partial charge >= 0.3 is 0 Å². The van der Waals surface area contributed by atoms with E-state index in [1.807, 2.05) is 19.9 Å². The van der Waals surface area contributed by atoms with E-state index in [4.69, 9.17) is 0 Å². The summed E-state index contributed by atoms with van der Waals surface area (Å²) in [6, 6.07) is 8.04. The van der Waals surface area contributed by atoms with Gasteiger partial charge in [0.2, 0.25) is 5.91 Å². The van der Waals surface area contributed by atoms with Crippen LogP contribution in [0.2, 0.25) is 0 Å². The van der Waals surface area contributed by atoms with Gasteiger partial charge in [0.1, 0.15) is 11.5 Å². The van der Waals surface area contributed by atoms with Crippen molar-refractivity contribution in [3.63, 3.8) is 0 Å². The van der Waals surface area contributed by atoms with Crippen LogP contribution in [0.1, 0.15) is 49.2 Å². The van der Waals surface area contributed by atoms with Crippen molar-refractivity contribution in [2.24, 2.45) is 12.5 Å².